The minimum Gasteiger partial charge on any atom is -0.478 e. The molecule has 0 spiro atoms. The van der Waals surface area contributed by atoms with Crippen molar-refractivity contribution in [2.75, 3.05) is 0 Å². The molecule has 1 aliphatic rings. The topological polar surface area (TPSA) is 37.3 Å². The maximum absolute atomic E-state index is 10.7. The molecule has 19 heavy (non-hydrogen) atoms. The third-order valence-electron chi connectivity index (χ3n) is 3.90. The van der Waals surface area contributed by atoms with Crippen LogP contribution in [0.25, 0.3) is 0 Å². The van der Waals surface area contributed by atoms with Crippen LogP contribution in [0.15, 0.2) is 35.9 Å². The van der Waals surface area contributed by atoms with Crippen molar-refractivity contribution in [3.8, 4) is 0 Å². The van der Waals surface area contributed by atoms with Crippen molar-refractivity contribution in [3.05, 3.63) is 47.0 Å². The number of carboxylic acid groups (broad SMARTS) is 1. The molecule has 1 fully saturated rings. The Hall–Kier alpha value is -1.57. The molecule has 102 valence electrons. The first-order chi connectivity index (χ1) is 8.86. The van der Waals surface area contributed by atoms with Gasteiger partial charge >= 0.3 is 5.97 Å². The highest BCUT2D eigenvalue weighted by molar-refractivity contribution is 5.80. The second kappa shape index (κ2) is 5.20. The van der Waals surface area contributed by atoms with Crippen molar-refractivity contribution in [1.29, 1.82) is 0 Å². The van der Waals surface area contributed by atoms with Gasteiger partial charge in [0, 0.05) is 6.08 Å². The van der Waals surface area contributed by atoms with Gasteiger partial charge in [0.15, 0.2) is 0 Å². The second-order valence-electron chi connectivity index (χ2n) is 6.45. The Morgan fingerprint density at radius 2 is 1.89 bits per heavy atom. The van der Waals surface area contributed by atoms with Crippen LogP contribution in [0.2, 0.25) is 0 Å². The Morgan fingerprint density at radius 3 is 2.42 bits per heavy atom. The predicted molar refractivity (Wildman–Crippen MR) is 77.5 cm³/mol. The number of rotatable bonds is 2. The molecule has 1 atom stereocenters. The summed E-state index contributed by atoms with van der Waals surface area (Å²) in [6.45, 7) is 6.64. The zero-order valence-electron chi connectivity index (χ0n) is 11.9. The number of allylic oxidation sites excluding steroid dienone is 1. The van der Waals surface area contributed by atoms with Gasteiger partial charge in [-0.3, -0.25) is 0 Å². The van der Waals surface area contributed by atoms with E-state index in [0.717, 1.165) is 24.8 Å². The highest BCUT2D eigenvalue weighted by Gasteiger charge is 2.22. The molecule has 2 nitrogen and oxygen atoms in total. The summed E-state index contributed by atoms with van der Waals surface area (Å²) in [5.74, 6) is -0.335. The monoisotopic (exact) mass is 258 g/mol. The van der Waals surface area contributed by atoms with E-state index in [1.54, 1.807) is 0 Å². The van der Waals surface area contributed by atoms with Gasteiger partial charge in [0.25, 0.3) is 0 Å². The first kappa shape index (κ1) is 13.9. The molecule has 2 heteroatoms. The van der Waals surface area contributed by atoms with Crippen molar-refractivity contribution in [1.82, 2.24) is 0 Å². The summed E-state index contributed by atoms with van der Waals surface area (Å²) in [4.78, 5) is 10.7. The lowest BCUT2D eigenvalue weighted by atomic mass is 9.85. The average Bonchev–Trinajstić information content (AvgIpc) is 2.75. The summed E-state index contributed by atoms with van der Waals surface area (Å²) in [6, 6.07) is 8.81. The normalized spacial score (nSPS) is 21.8. The van der Waals surface area contributed by atoms with E-state index in [0.29, 0.717) is 5.92 Å². The summed E-state index contributed by atoms with van der Waals surface area (Å²) >= 11 is 0. The van der Waals surface area contributed by atoms with Gasteiger partial charge in [-0.15, -0.1) is 0 Å². The fraction of sp³-hybridized carbons (Fsp3) is 0.471. The molecule has 0 bridgehead atoms. The molecule has 1 aromatic rings. The molecule has 0 saturated heterocycles. The van der Waals surface area contributed by atoms with Crippen LogP contribution in [0.3, 0.4) is 0 Å². The standard InChI is InChI=1S/C17H22O2/c1-17(2,3)15-8-6-13(7-9-15)14-5-4-12(10-14)11-16(18)19/h6-9,11,14H,4-5,10H2,1-3H3,(H,18,19)/b12-11+. The highest BCUT2D eigenvalue weighted by Crippen LogP contribution is 2.38. The lowest BCUT2D eigenvalue weighted by molar-refractivity contribution is -0.131. The molecule has 1 aliphatic carbocycles. The minimum atomic E-state index is -0.821. The van der Waals surface area contributed by atoms with Gasteiger partial charge in [0.2, 0.25) is 0 Å². The second-order valence-corrected chi connectivity index (χ2v) is 6.45. The van der Waals surface area contributed by atoms with Crippen molar-refractivity contribution < 1.29 is 9.90 Å². The number of hydrogen-bond donors (Lipinski definition) is 1. The lowest BCUT2D eigenvalue weighted by Crippen LogP contribution is -2.10. The maximum atomic E-state index is 10.7. The number of aliphatic carboxylic acids is 1. The van der Waals surface area contributed by atoms with Crippen LogP contribution in [0.5, 0.6) is 0 Å². The van der Waals surface area contributed by atoms with Gasteiger partial charge in [0.05, 0.1) is 0 Å². The Bertz CT molecular complexity index is 489. The van der Waals surface area contributed by atoms with Crippen LogP contribution < -0.4 is 0 Å². The fourth-order valence-electron chi connectivity index (χ4n) is 2.73. The van der Waals surface area contributed by atoms with Crippen molar-refractivity contribution in [3.63, 3.8) is 0 Å². The lowest BCUT2D eigenvalue weighted by Gasteiger charge is -2.20. The van der Waals surface area contributed by atoms with E-state index in [9.17, 15) is 4.79 Å². The quantitative estimate of drug-likeness (QED) is 0.805. The van der Waals surface area contributed by atoms with Crippen LogP contribution in [-0.4, -0.2) is 11.1 Å². The van der Waals surface area contributed by atoms with E-state index < -0.39 is 5.97 Å². The minimum absolute atomic E-state index is 0.183. The van der Waals surface area contributed by atoms with E-state index in [-0.39, 0.29) is 5.41 Å². The van der Waals surface area contributed by atoms with E-state index in [2.05, 4.69) is 45.0 Å². The van der Waals surface area contributed by atoms with Crippen molar-refractivity contribution >= 4 is 5.97 Å². The van der Waals surface area contributed by atoms with Crippen LogP contribution in [0, 0.1) is 0 Å². The van der Waals surface area contributed by atoms with Gasteiger partial charge in [-0.05, 0) is 41.7 Å². The van der Waals surface area contributed by atoms with Crippen molar-refractivity contribution in [2.24, 2.45) is 0 Å². The van der Waals surface area contributed by atoms with Crippen LogP contribution in [0.4, 0.5) is 0 Å². The van der Waals surface area contributed by atoms with E-state index >= 15 is 0 Å². The number of benzene rings is 1. The summed E-state index contributed by atoms with van der Waals surface area (Å²) < 4.78 is 0. The summed E-state index contributed by atoms with van der Waals surface area (Å²) in [6.07, 6.45) is 4.25. The van der Waals surface area contributed by atoms with Crippen LogP contribution >= 0.6 is 0 Å². The molecule has 0 aromatic heterocycles. The zero-order valence-corrected chi connectivity index (χ0v) is 11.9. The molecule has 2 rings (SSSR count). The third-order valence-corrected chi connectivity index (χ3v) is 3.90. The first-order valence-electron chi connectivity index (χ1n) is 6.89. The molecule has 0 aliphatic heterocycles. The van der Waals surface area contributed by atoms with Gasteiger partial charge < -0.3 is 5.11 Å². The highest BCUT2D eigenvalue weighted by atomic mass is 16.4. The van der Waals surface area contributed by atoms with Gasteiger partial charge in [-0.1, -0.05) is 50.6 Å². The summed E-state index contributed by atoms with van der Waals surface area (Å²) in [5.41, 5.74) is 3.93. The smallest absolute Gasteiger partial charge is 0.328 e. The van der Waals surface area contributed by atoms with Crippen LogP contribution in [-0.2, 0) is 10.2 Å². The molecular weight excluding hydrogens is 236 g/mol. The fourth-order valence-corrected chi connectivity index (χ4v) is 2.73. The maximum Gasteiger partial charge on any atom is 0.328 e. The zero-order chi connectivity index (χ0) is 14.0. The molecular formula is C17H22O2. The van der Waals surface area contributed by atoms with Gasteiger partial charge in [-0.2, -0.15) is 0 Å². The molecule has 1 aromatic carbocycles. The average molecular weight is 258 g/mol. The van der Waals surface area contributed by atoms with E-state index in [1.807, 2.05) is 0 Å². The molecule has 0 heterocycles. The van der Waals surface area contributed by atoms with Crippen LogP contribution in [0.1, 0.15) is 57.1 Å². The Balaban J connectivity index is 2.10. The number of hydrogen-bond acceptors (Lipinski definition) is 1. The Kier molecular flexibility index (Phi) is 3.79. The molecule has 0 amide bonds. The largest absolute Gasteiger partial charge is 0.478 e. The van der Waals surface area contributed by atoms with Crippen molar-refractivity contribution in [2.45, 2.75) is 51.4 Å². The van der Waals surface area contributed by atoms with Gasteiger partial charge in [-0.25, -0.2) is 4.79 Å². The number of carboxylic acids is 1. The van der Waals surface area contributed by atoms with E-state index in [4.69, 9.17) is 5.11 Å². The third kappa shape index (κ3) is 3.46. The molecule has 0 radical (unpaired) electrons. The number of carbonyl (C=O) groups is 1. The van der Waals surface area contributed by atoms with E-state index in [1.165, 1.54) is 17.2 Å². The first-order valence-corrected chi connectivity index (χ1v) is 6.89. The summed E-state index contributed by atoms with van der Waals surface area (Å²) in [5, 5.41) is 8.78. The SMILES string of the molecule is CC(C)(C)c1ccc(C2CC/C(=C\C(=O)O)C2)cc1. The molecule has 1 saturated carbocycles. The Morgan fingerprint density at radius 1 is 1.26 bits per heavy atom. The predicted octanol–water partition coefficient (Wildman–Crippen LogP) is 4.26. The van der Waals surface area contributed by atoms with Gasteiger partial charge in [0.1, 0.15) is 0 Å². The molecule has 1 N–H and O–H groups in total. The molecule has 1 unspecified atom stereocenters. The summed E-state index contributed by atoms with van der Waals surface area (Å²) in [7, 11) is 0. The Labute approximate surface area is 115 Å².